The van der Waals surface area contributed by atoms with E-state index in [0.29, 0.717) is 11.3 Å². The number of fused-ring (bicyclic) bond motifs is 1. The lowest BCUT2D eigenvalue weighted by atomic mass is 10.1. The first-order chi connectivity index (χ1) is 9.70. The standard InChI is InChI=1S/C16H15N3O/c1-11-8-9-13-14(16(20)17-2)15(18-19(13)10-11)12-6-4-3-5-7-12/h3-10H,1-2H3,(H,17,20). The number of rotatable bonds is 2. The van der Waals surface area contributed by atoms with Gasteiger partial charge in [-0.1, -0.05) is 36.4 Å². The van der Waals surface area contributed by atoms with Crippen LogP contribution in [0.3, 0.4) is 0 Å². The molecule has 0 aliphatic carbocycles. The summed E-state index contributed by atoms with van der Waals surface area (Å²) in [6.07, 6.45) is 1.92. The molecule has 2 heterocycles. The van der Waals surface area contributed by atoms with Gasteiger partial charge in [-0.25, -0.2) is 4.52 Å². The molecular weight excluding hydrogens is 250 g/mol. The SMILES string of the molecule is CNC(=O)c1c(-c2ccccc2)nn2cc(C)ccc12. The van der Waals surface area contributed by atoms with Crippen LogP contribution in [0.5, 0.6) is 0 Å². The van der Waals surface area contributed by atoms with E-state index in [1.807, 2.05) is 55.6 Å². The summed E-state index contributed by atoms with van der Waals surface area (Å²) >= 11 is 0. The van der Waals surface area contributed by atoms with Gasteiger partial charge in [0.25, 0.3) is 5.91 Å². The highest BCUT2D eigenvalue weighted by atomic mass is 16.1. The average Bonchev–Trinajstić information content (AvgIpc) is 2.85. The van der Waals surface area contributed by atoms with Crippen molar-refractivity contribution in [1.29, 1.82) is 0 Å². The second kappa shape index (κ2) is 4.81. The molecule has 20 heavy (non-hydrogen) atoms. The van der Waals surface area contributed by atoms with E-state index < -0.39 is 0 Å². The van der Waals surface area contributed by atoms with E-state index in [1.54, 1.807) is 11.6 Å². The van der Waals surface area contributed by atoms with Crippen LogP contribution in [0.1, 0.15) is 15.9 Å². The minimum atomic E-state index is -0.122. The predicted molar refractivity (Wildman–Crippen MR) is 78.8 cm³/mol. The molecular formula is C16H15N3O. The molecule has 3 rings (SSSR count). The Morgan fingerprint density at radius 2 is 1.90 bits per heavy atom. The minimum absolute atomic E-state index is 0.122. The highest BCUT2D eigenvalue weighted by molar-refractivity contribution is 6.06. The Balaban J connectivity index is 2.33. The number of aryl methyl sites for hydroxylation is 1. The molecule has 0 radical (unpaired) electrons. The number of nitrogens with zero attached hydrogens (tertiary/aromatic N) is 2. The first-order valence-corrected chi connectivity index (χ1v) is 6.47. The molecule has 100 valence electrons. The minimum Gasteiger partial charge on any atom is -0.355 e. The fraction of sp³-hybridized carbons (Fsp3) is 0.125. The Morgan fingerprint density at radius 3 is 2.60 bits per heavy atom. The zero-order valence-corrected chi connectivity index (χ0v) is 11.4. The van der Waals surface area contributed by atoms with Crippen LogP contribution < -0.4 is 5.32 Å². The van der Waals surface area contributed by atoms with Crippen LogP contribution in [0.2, 0.25) is 0 Å². The van der Waals surface area contributed by atoms with E-state index in [-0.39, 0.29) is 5.91 Å². The predicted octanol–water partition coefficient (Wildman–Crippen LogP) is 2.67. The van der Waals surface area contributed by atoms with Crippen LogP contribution in [-0.2, 0) is 0 Å². The van der Waals surface area contributed by atoms with Crippen molar-refractivity contribution in [1.82, 2.24) is 14.9 Å². The zero-order chi connectivity index (χ0) is 14.1. The second-order valence-corrected chi connectivity index (χ2v) is 4.71. The quantitative estimate of drug-likeness (QED) is 0.774. The molecule has 1 aromatic carbocycles. The summed E-state index contributed by atoms with van der Waals surface area (Å²) in [6.45, 7) is 2.00. The van der Waals surface area contributed by atoms with Gasteiger partial charge in [-0.3, -0.25) is 4.79 Å². The van der Waals surface area contributed by atoms with Crippen LogP contribution in [0, 0.1) is 6.92 Å². The molecule has 0 aliphatic rings. The first-order valence-electron chi connectivity index (χ1n) is 6.47. The number of carbonyl (C=O) groups is 1. The lowest BCUT2D eigenvalue weighted by Gasteiger charge is -2.01. The Kier molecular flexibility index (Phi) is 2.99. The lowest BCUT2D eigenvalue weighted by Crippen LogP contribution is -2.18. The summed E-state index contributed by atoms with van der Waals surface area (Å²) in [6, 6.07) is 13.7. The van der Waals surface area contributed by atoms with Gasteiger partial charge in [-0.15, -0.1) is 0 Å². The Morgan fingerprint density at radius 1 is 1.15 bits per heavy atom. The van der Waals surface area contributed by atoms with Crippen LogP contribution in [-0.4, -0.2) is 22.6 Å². The van der Waals surface area contributed by atoms with Gasteiger partial charge >= 0.3 is 0 Å². The third-order valence-corrected chi connectivity index (χ3v) is 3.28. The van der Waals surface area contributed by atoms with E-state index in [2.05, 4.69) is 10.4 Å². The molecule has 0 atom stereocenters. The lowest BCUT2D eigenvalue weighted by molar-refractivity contribution is 0.0965. The molecule has 2 aromatic heterocycles. The Hall–Kier alpha value is -2.62. The van der Waals surface area contributed by atoms with Gasteiger partial charge in [-0.2, -0.15) is 5.10 Å². The van der Waals surface area contributed by atoms with Gasteiger partial charge in [0.2, 0.25) is 0 Å². The zero-order valence-electron chi connectivity index (χ0n) is 11.4. The van der Waals surface area contributed by atoms with Crippen molar-refractivity contribution in [2.75, 3.05) is 7.05 Å². The molecule has 0 spiro atoms. The Labute approximate surface area is 117 Å². The molecule has 1 amide bonds. The van der Waals surface area contributed by atoms with Crippen molar-refractivity contribution in [3.8, 4) is 11.3 Å². The number of hydrogen-bond acceptors (Lipinski definition) is 2. The highest BCUT2D eigenvalue weighted by Crippen LogP contribution is 2.26. The maximum atomic E-state index is 12.2. The van der Waals surface area contributed by atoms with Crippen molar-refractivity contribution < 1.29 is 4.79 Å². The van der Waals surface area contributed by atoms with Crippen molar-refractivity contribution in [3.05, 3.63) is 59.8 Å². The number of amides is 1. The number of pyridine rings is 1. The van der Waals surface area contributed by atoms with Crippen molar-refractivity contribution in [3.63, 3.8) is 0 Å². The third-order valence-electron chi connectivity index (χ3n) is 3.28. The van der Waals surface area contributed by atoms with Crippen LogP contribution in [0.25, 0.3) is 16.8 Å². The van der Waals surface area contributed by atoms with E-state index >= 15 is 0 Å². The van der Waals surface area contributed by atoms with Crippen molar-refractivity contribution >= 4 is 11.4 Å². The topological polar surface area (TPSA) is 46.4 Å². The van der Waals surface area contributed by atoms with E-state index in [0.717, 1.165) is 16.6 Å². The molecule has 0 bridgehead atoms. The molecule has 0 aliphatic heterocycles. The van der Waals surface area contributed by atoms with Crippen LogP contribution in [0.15, 0.2) is 48.7 Å². The molecule has 4 heteroatoms. The highest BCUT2D eigenvalue weighted by Gasteiger charge is 2.19. The summed E-state index contributed by atoms with van der Waals surface area (Å²) in [4.78, 5) is 12.2. The normalized spacial score (nSPS) is 10.7. The van der Waals surface area contributed by atoms with E-state index in [1.165, 1.54) is 0 Å². The third kappa shape index (κ3) is 1.95. The summed E-state index contributed by atoms with van der Waals surface area (Å²) < 4.78 is 1.77. The summed E-state index contributed by atoms with van der Waals surface area (Å²) in [5.74, 6) is -0.122. The number of nitrogens with one attached hydrogen (secondary N) is 1. The van der Waals surface area contributed by atoms with Gasteiger partial charge in [0, 0.05) is 18.8 Å². The van der Waals surface area contributed by atoms with Crippen molar-refractivity contribution in [2.24, 2.45) is 0 Å². The number of benzene rings is 1. The number of hydrogen-bond donors (Lipinski definition) is 1. The summed E-state index contributed by atoms with van der Waals surface area (Å²) in [5, 5.41) is 7.26. The van der Waals surface area contributed by atoms with Crippen molar-refractivity contribution in [2.45, 2.75) is 6.92 Å². The Bertz CT molecular complexity index is 775. The van der Waals surface area contributed by atoms with Gasteiger partial charge in [0.15, 0.2) is 0 Å². The molecule has 1 N–H and O–H groups in total. The fourth-order valence-corrected chi connectivity index (χ4v) is 2.30. The molecule has 0 fully saturated rings. The molecule has 0 saturated heterocycles. The van der Waals surface area contributed by atoms with Gasteiger partial charge in [0.1, 0.15) is 5.69 Å². The van der Waals surface area contributed by atoms with Crippen LogP contribution >= 0.6 is 0 Å². The smallest absolute Gasteiger partial charge is 0.255 e. The largest absolute Gasteiger partial charge is 0.355 e. The maximum absolute atomic E-state index is 12.2. The van der Waals surface area contributed by atoms with Gasteiger partial charge in [-0.05, 0) is 18.6 Å². The van der Waals surface area contributed by atoms with Crippen LogP contribution in [0.4, 0.5) is 0 Å². The van der Waals surface area contributed by atoms with Gasteiger partial charge in [0.05, 0.1) is 11.1 Å². The monoisotopic (exact) mass is 265 g/mol. The first kappa shape index (κ1) is 12.4. The van der Waals surface area contributed by atoms with Gasteiger partial charge < -0.3 is 5.32 Å². The second-order valence-electron chi connectivity index (χ2n) is 4.71. The average molecular weight is 265 g/mol. The molecule has 0 saturated carbocycles. The fourth-order valence-electron chi connectivity index (χ4n) is 2.30. The summed E-state index contributed by atoms with van der Waals surface area (Å²) in [7, 11) is 1.63. The summed E-state index contributed by atoms with van der Waals surface area (Å²) in [5.41, 5.74) is 4.17. The molecule has 3 aromatic rings. The maximum Gasteiger partial charge on any atom is 0.255 e. The number of aromatic nitrogens is 2. The molecule has 4 nitrogen and oxygen atoms in total. The molecule has 0 unspecified atom stereocenters. The van der Waals surface area contributed by atoms with E-state index in [4.69, 9.17) is 0 Å². The number of carbonyl (C=O) groups excluding carboxylic acids is 1. The van der Waals surface area contributed by atoms with E-state index in [9.17, 15) is 4.79 Å².